The molecule has 2 heterocycles. The number of nitrogens with zero attached hydrogens (tertiary/aromatic N) is 1. The van der Waals surface area contributed by atoms with E-state index >= 15 is 0 Å². The van der Waals surface area contributed by atoms with Gasteiger partial charge in [0, 0.05) is 19.1 Å². The van der Waals surface area contributed by atoms with Crippen molar-refractivity contribution in [3.8, 4) is 0 Å². The van der Waals surface area contributed by atoms with Gasteiger partial charge in [0.15, 0.2) is 0 Å². The molecular weight excluding hydrogens is 247 g/mol. The fourth-order valence-electron chi connectivity index (χ4n) is 2.69. The van der Waals surface area contributed by atoms with E-state index in [0.717, 1.165) is 19.1 Å². The van der Waals surface area contributed by atoms with Gasteiger partial charge in [0.25, 0.3) is 0 Å². The van der Waals surface area contributed by atoms with E-state index in [9.17, 15) is 0 Å². The molecule has 0 aromatic heterocycles. The molecular formula is C11H24Cl2N2O. The summed E-state index contributed by atoms with van der Waals surface area (Å²) in [6, 6.07) is 0.796. The minimum absolute atomic E-state index is 0. The van der Waals surface area contributed by atoms with E-state index in [-0.39, 0.29) is 24.8 Å². The summed E-state index contributed by atoms with van der Waals surface area (Å²) in [4.78, 5) is 2.62. The van der Waals surface area contributed by atoms with Gasteiger partial charge in [0.05, 0.1) is 12.2 Å². The lowest BCUT2D eigenvalue weighted by Crippen LogP contribution is -2.52. The molecule has 5 heteroatoms. The first-order valence-corrected chi connectivity index (χ1v) is 5.86. The van der Waals surface area contributed by atoms with Crippen LogP contribution in [0.5, 0.6) is 0 Å². The fourth-order valence-corrected chi connectivity index (χ4v) is 2.69. The predicted octanol–water partition coefficient (Wildman–Crippen LogP) is 1.69. The second kappa shape index (κ2) is 7.72. The van der Waals surface area contributed by atoms with Crippen molar-refractivity contribution in [3.63, 3.8) is 0 Å². The largest absolute Gasteiger partial charge is 0.373 e. The zero-order valence-corrected chi connectivity index (χ0v) is 11.8. The molecule has 1 N–H and O–H groups in total. The van der Waals surface area contributed by atoms with Crippen LogP contribution in [0.15, 0.2) is 0 Å². The van der Waals surface area contributed by atoms with Crippen LogP contribution in [0.2, 0.25) is 0 Å². The zero-order valence-electron chi connectivity index (χ0n) is 10.1. The molecule has 2 unspecified atom stereocenters. The third-order valence-electron chi connectivity index (χ3n) is 3.27. The van der Waals surface area contributed by atoms with Crippen LogP contribution in [0.4, 0.5) is 0 Å². The molecule has 0 spiro atoms. The second-order valence-corrected chi connectivity index (χ2v) is 4.69. The third-order valence-corrected chi connectivity index (χ3v) is 3.27. The van der Waals surface area contributed by atoms with E-state index in [1.165, 1.54) is 25.9 Å². The standard InChI is InChI=1S/C11H22N2O.2ClH/c1-9-7-13(8-10(2)14-9)11-3-5-12-6-4-11;;/h9-12H,3-8H2,1-2H3;2*1H. The highest BCUT2D eigenvalue weighted by Gasteiger charge is 2.28. The Morgan fingerprint density at radius 2 is 1.50 bits per heavy atom. The highest BCUT2D eigenvalue weighted by atomic mass is 35.5. The number of piperidine rings is 1. The molecule has 98 valence electrons. The second-order valence-electron chi connectivity index (χ2n) is 4.69. The number of ether oxygens (including phenoxy) is 1. The number of hydrogen-bond donors (Lipinski definition) is 1. The Morgan fingerprint density at radius 1 is 1.00 bits per heavy atom. The van der Waals surface area contributed by atoms with Crippen LogP contribution in [0.1, 0.15) is 26.7 Å². The van der Waals surface area contributed by atoms with Crippen molar-refractivity contribution in [1.82, 2.24) is 10.2 Å². The van der Waals surface area contributed by atoms with Crippen molar-refractivity contribution in [3.05, 3.63) is 0 Å². The first kappa shape index (κ1) is 16.5. The molecule has 0 saturated carbocycles. The van der Waals surface area contributed by atoms with Crippen LogP contribution in [0.25, 0.3) is 0 Å². The van der Waals surface area contributed by atoms with E-state index in [0.29, 0.717) is 12.2 Å². The van der Waals surface area contributed by atoms with Crippen molar-refractivity contribution in [2.24, 2.45) is 0 Å². The molecule has 0 radical (unpaired) electrons. The minimum Gasteiger partial charge on any atom is -0.373 e. The summed E-state index contributed by atoms with van der Waals surface area (Å²) in [6.07, 6.45) is 3.43. The Bertz CT molecular complexity index is 179. The number of nitrogens with one attached hydrogen (secondary N) is 1. The number of hydrogen-bond acceptors (Lipinski definition) is 3. The number of morpholine rings is 1. The highest BCUT2D eigenvalue weighted by Crippen LogP contribution is 2.18. The SMILES string of the molecule is CC1CN(C2CCNCC2)CC(C)O1.Cl.Cl. The maximum absolute atomic E-state index is 5.75. The van der Waals surface area contributed by atoms with E-state index in [1.54, 1.807) is 0 Å². The Balaban J connectivity index is 0.00000112. The Hall–Kier alpha value is 0.460. The van der Waals surface area contributed by atoms with Crippen molar-refractivity contribution < 1.29 is 4.74 Å². The minimum atomic E-state index is 0. The molecule has 2 atom stereocenters. The monoisotopic (exact) mass is 270 g/mol. The number of halogens is 2. The van der Waals surface area contributed by atoms with E-state index in [2.05, 4.69) is 24.1 Å². The lowest BCUT2D eigenvalue weighted by atomic mass is 10.0. The lowest BCUT2D eigenvalue weighted by Gasteiger charge is -2.41. The maximum atomic E-state index is 5.75. The zero-order chi connectivity index (χ0) is 9.97. The van der Waals surface area contributed by atoms with Gasteiger partial charge < -0.3 is 10.1 Å². The summed E-state index contributed by atoms with van der Waals surface area (Å²) in [6.45, 7) is 8.98. The van der Waals surface area contributed by atoms with Crippen molar-refractivity contribution in [2.45, 2.75) is 44.9 Å². The average molecular weight is 271 g/mol. The van der Waals surface area contributed by atoms with Crippen LogP contribution in [-0.4, -0.2) is 49.3 Å². The molecule has 0 aliphatic carbocycles. The predicted molar refractivity (Wildman–Crippen MR) is 72.0 cm³/mol. The van der Waals surface area contributed by atoms with Gasteiger partial charge in [-0.2, -0.15) is 0 Å². The number of rotatable bonds is 1. The molecule has 2 rings (SSSR count). The van der Waals surface area contributed by atoms with E-state index < -0.39 is 0 Å². The van der Waals surface area contributed by atoms with Crippen LogP contribution < -0.4 is 5.32 Å². The summed E-state index contributed by atoms with van der Waals surface area (Å²) in [5.74, 6) is 0. The molecule has 2 saturated heterocycles. The average Bonchev–Trinajstić information content (AvgIpc) is 2.18. The van der Waals surface area contributed by atoms with Gasteiger partial charge in [-0.15, -0.1) is 24.8 Å². The first-order valence-electron chi connectivity index (χ1n) is 5.86. The van der Waals surface area contributed by atoms with Crippen molar-refractivity contribution >= 4 is 24.8 Å². The van der Waals surface area contributed by atoms with E-state index in [4.69, 9.17) is 4.74 Å². The van der Waals surface area contributed by atoms with Gasteiger partial charge in [-0.1, -0.05) is 0 Å². The highest BCUT2D eigenvalue weighted by molar-refractivity contribution is 5.85. The van der Waals surface area contributed by atoms with Gasteiger partial charge in [-0.05, 0) is 39.8 Å². The fraction of sp³-hybridized carbons (Fsp3) is 1.00. The molecule has 0 bridgehead atoms. The molecule has 2 aliphatic heterocycles. The summed E-state index contributed by atoms with van der Waals surface area (Å²) in [7, 11) is 0. The molecule has 0 amide bonds. The van der Waals surface area contributed by atoms with Gasteiger partial charge >= 0.3 is 0 Å². The summed E-state index contributed by atoms with van der Waals surface area (Å²) >= 11 is 0. The summed E-state index contributed by atoms with van der Waals surface area (Å²) in [5.41, 5.74) is 0. The van der Waals surface area contributed by atoms with Crippen LogP contribution in [0, 0.1) is 0 Å². The molecule has 2 fully saturated rings. The molecule has 16 heavy (non-hydrogen) atoms. The quantitative estimate of drug-likeness (QED) is 0.785. The van der Waals surface area contributed by atoms with Crippen LogP contribution >= 0.6 is 24.8 Å². The van der Waals surface area contributed by atoms with Crippen molar-refractivity contribution in [1.29, 1.82) is 0 Å². The first-order chi connectivity index (χ1) is 6.75. The van der Waals surface area contributed by atoms with Gasteiger partial charge in [0.2, 0.25) is 0 Å². The smallest absolute Gasteiger partial charge is 0.0678 e. The molecule has 0 aromatic carbocycles. The van der Waals surface area contributed by atoms with Crippen LogP contribution in [0.3, 0.4) is 0 Å². The van der Waals surface area contributed by atoms with Gasteiger partial charge in [0.1, 0.15) is 0 Å². The molecule has 2 aliphatic rings. The normalized spacial score (nSPS) is 32.6. The summed E-state index contributed by atoms with van der Waals surface area (Å²) < 4.78 is 5.75. The third kappa shape index (κ3) is 4.38. The molecule has 0 aromatic rings. The summed E-state index contributed by atoms with van der Waals surface area (Å²) in [5, 5.41) is 3.42. The van der Waals surface area contributed by atoms with E-state index in [1.807, 2.05) is 0 Å². The Morgan fingerprint density at radius 3 is 2.00 bits per heavy atom. The Labute approximate surface area is 111 Å². The molecule has 3 nitrogen and oxygen atoms in total. The Kier molecular flexibility index (Phi) is 7.94. The maximum Gasteiger partial charge on any atom is 0.0678 e. The lowest BCUT2D eigenvalue weighted by molar-refractivity contribution is -0.0832. The van der Waals surface area contributed by atoms with Crippen molar-refractivity contribution in [2.75, 3.05) is 26.2 Å². The topological polar surface area (TPSA) is 24.5 Å². The van der Waals surface area contributed by atoms with Gasteiger partial charge in [-0.3, -0.25) is 4.90 Å². The van der Waals surface area contributed by atoms with Gasteiger partial charge in [-0.25, -0.2) is 0 Å². The van der Waals surface area contributed by atoms with Crippen LogP contribution in [-0.2, 0) is 4.74 Å².